The summed E-state index contributed by atoms with van der Waals surface area (Å²) >= 11 is 0. The van der Waals surface area contributed by atoms with Gasteiger partial charge in [0.2, 0.25) is 5.91 Å². The summed E-state index contributed by atoms with van der Waals surface area (Å²) in [6.45, 7) is 2.83. The number of nitrogens with two attached hydrogens (primary N) is 1. The van der Waals surface area contributed by atoms with Crippen LogP contribution in [0.25, 0.3) is 0 Å². The van der Waals surface area contributed by atoms with E-state index in [9.17, 15) is 4.79 Å². The number of hydrogen-bond donors (Lipinski definition) is 3. The second-order valence-electron chi connectivity index (χ2n) is 5.40. The molecule has 1 heterocycles. The van der Waals surface area contributed by atoms with Gasteiger partial charge in [0, 0.05) is 12.1 Å². The maximum atomic E-state index is 11.8. The van der Waals surface area contributed by atoms with Crippen LogP contribution in [0.15, 0.2) is 29.3 Å². The minimum absolute atomic E-state index is 0.0884. The summed E-state index contributed by atoms with van der Waals surface area (Å²) in [5.74, 6) is 0.579. The fraction of sp³-hybridized carbons (Fsp3) is 0.500. The van der Waals surface area contributed by atoms with Gasteiger partial charge in [-0.1, -0.05) is 38.3 Å². The first-order chi connectivity index (χ1) is 10.2. The molecular weight excluding hydrogens is 264 g/mol. The van der Waals surface area contributed by atoms with Crippen molar-refractivity contribution in [2.24, 2.45) is 10.7 Å². The van der Waals surface area contributed by atoms with Gasteiger partial charge in [0.15, 0.2) is 5.96 Å². The number of nitrogens with zero attached hydrogens (tertiary/aromatic N) is 1. The second kappa shape index (κ2) is 7.67. The molecule has 114 valence electrons. The lowest BCUT2D eigenvalue weighted by Gasteiger charge is -2.12. The van der Waals surface area contributed by atoms with Crippen molar-refractivity contribution in [1.82, 2.24) is 5.32 Å². The lowest BCUT2D eigenvalue weighted by atomic mass is 10.1. The molecule has 21 heavy (non-hydrogen) atoms. The Labute approximate surface area is 126 Å². The van der Waals surface area contributed by atoms with Gasteiger partial charge in [-0.3, -0.25) is 9.79 Å². The van der Waals surface area contributed by atoms with E-state index in [2.05, 4.69) is 22.5 Å². The molecule has 2 rings (SSSR count). The van der Waals surface area contributed by atoms with E-state index in [-0.39, 0.29) is 11.9 Å². The summed E-state index contributed by atoms with van der Waals surface area (Å²) in [7, 11) is 0. The number of anilines is 1. The van der Waals surface area contributed by atoms with Crippen molar-refractivity contribution in [3.05, 3.63) is 29.8 Å². The van der Waals surface area contributed by atoms with Crippen LogP contribution in [0.5, 0.6) is 0 Å². The Kier molecular flexibility index (Phi) is 5.60. The van der Waals surface area contributed by atoms with Crippen molar-refractivity contribution in [1.29, 1.82) is 0 Å². The van der Waals surface area contributed by atoms with Gasteiger partial charge in [-0.15, -0.1) is 0 Å². The van der Waals surface area contributed by atoms with Crippen LogP contribution in [0, 0.1) is 0 Å². The lowest BCUT2D eigenvalue weighted by molar-refractivity contribution is -0.116. The molecule has 1 unspecified atom stereocenters. The Bertz CT molecular complexity index is 496. The highest BCUT2D eigenvalue weighted by Gasteiger charge is 2.16. The Morgan fingerprint density at radius 3 is 2.71 bits per heavy atom. The zero-order valence-corrected chi connectivity index (χ0v) is 12.6. The number of guanidine groups is 1. The van der Waals surface area contributed by atoms with E-state index in [1.807, 2.05) is 24.3 Å². The molecule has 0 bridgehead atoms. The predicted molar refractivity (Wildman–Crippen MR) is 86.2 cm³/mol. The number of carbonyl (C=O) groups excluding carboxylic acids is 1. The fourth-order valence-electron chi connectivity index (χ4n) is 2.38. The van der Waals surface area contributed by atoms with Crippen LogP contribution in [0.4, 0.5) is 5.69 Å². The average molecular weight is 288 g/mol. The van der Waals surface area contributed by atoms with E-state index in [4.69, 9.17) is 5.73 Å². The summed E-state index contributed by atoms with van der Waals surface area (Å²) in [5, 5.41) is 6.04. The van der Waals surface area contributed by atoms with Crippen LogP contribution in [0.3, 0.4) is 0 Å². The number of carbonyl (C=O) groups is 1. The minimum Gasteiger partial charge on any atom is -0.370 e. The smallest absolute Gasteiger partial charge is 0.224 e. The summed E-state index contributed by atoms with van der Waals surface area (Å²) in [5.41, 5.74) is 7.57. The molecule has 0 saturated carbocycles. The molecule has 0 saturated heterocycles. The molecule has 1 aliphatic heterocycles. The third-order valence-electron chi connectivity index (χ3n) is 3.62. The first-order valence-electron chi connectivity index (χ1n) is 7.65. The molecule has 4 N–H and O–H groups in total. The van der Waals surface area contributed by atoms with Crippen LogP contribution < -0.4 is 16.4 Å². The molecule has 0 aromatic heterocycles. The molecule has 1 aromatic carbocycles. The third-order valence-corrected chi connectivity index (χ3v) is 3.62. The van der Waals surface area contributed by atoms with Crippen LogP contribution in [0.1, 0.15) is 50.6 Å². The van der Waals surface area contributed by atoms with Crippen molar-refractivity contribution in [3.63, 3.8) is 0 Å². The summed E-state index contributed by atoms with van der Waals surface area (Å²) < 4.78 is 0. The largest absolute Gasteiger partial charge is 0.370 e. The maximum absolute atomic E-state index is 11.8. The highest BCUT2D eigenvalue weighted by atomic mass is 16.1. The molecule has 1 atom stereocenters. The molecule has 0 aliphatic carbocycles. The standard InChI is InChI=1S/C16H24N4O/c1-2-3-4-5-6-15(21)19-13-9-7-12(8-10-13)14-11-18-16(17)20-14/h7-10,14H,2-6,11H2,1H3,(H,19,21)(H3,17,18,20). The minimum atomic E-state index is 0.0884. The second-order valence-corrected chi connectivity index (χ2v) is 5.40. The van der Waals surface area contributed by atoms with Gasteiger partial charge >= 0.3 is 0 Å². The summed E-state index contributed by atoms with van der Waals surface area (Å²) in [6.07, 6.45) is 5.06. The van der Waals surface area contributed by atoms with Gasteiger partial charge in [-0.2, -0.15) is 0 Å². The van der Waals surface area contributed by atoms with Gasteiger partial charge in [0.1, 0.15) is 0 Å². The highest BCUT2D eigenvalue weighted by Crippen LogP contribution is 2.19. The van der Waals surface area contributed by atoms with E-state index in [1.165, 1.54) is 12.8 Å². The van der Waals surface area contributed by atoms with E-state index in [0.717, 1.165) is 24.1 Å². The van der Waals surface area contributed by atoms with E-state index in [0.29, 0.717) is 18.9 Å². The average Bonchev–Trinajstić information content (AvgIpc) is 2.91. The number of nitrogens with one attached hydrogen (secondary N) is 2. The molecule has 1 aromatic rings. The van der Waals surface area contributed by atoms with Crippen molar-refractivity contribution < 1.29 is 4.79 Å². The zero-order chi connectivity index (χ0) is 15.1. The topological polar surface area (TPSA) is 79.5 Å². The molecule has 0 fully saturated rings. The van der Waals surface area contributed by atoms with Crippen molar-refractivity contribution in [2.45, 2.75) is 45.1 Å². The van der Waals surface area contributed by atoms with Crippen molar-refractivity contribution in [3.8, 4) is 0 Å². The van der Waals surface area contributed by atoms with Crippen molar-refractivity contribution >= 4 is 17.6 Å². The summed E-state index contributed by atoms with van der Waals surface area (Å²) in [6, 6.07) is 7.99. The lowest BCUT2D eigenvalue weighted by Crippen LogP contribution is -2.29. The Morgan fingerprint density at radius 2 is 2.10 bits per heavy atom. The highest BCUT2D eigenvalue weighted by molar-refractivity contribution is 5.90. The molecule has 1 amide bonds. The third kappa shape index (κ3) is 4.77. The molecule has 1 aliphatic rings. The number of amides is 1. The molecule has 0 radical (unpaired) electrons. The Hall–Kier alpha value is -2.04. The van der Waals surface area contributed by atoms with E-state index in [1.54, 1.807) is 0 Å². The number of unbranched alkanes of at least 4 members (excludes halogenated alkanes) is 3. The van der Waals surface area contributed by atoms with E-state index >= 15 is 0 Å². The number of hydrogen-bond acceptors (Lipinski definition) is 4. The van der Waals surface area contributed by atoms with Gasteiger partial charge in [-0.25, -0.2) is 0 Å². The predicted octanol–water partition coefficient (Wildman–Crippen LogP) is 2.55. The van der Waals surface area contributed by atoms with Crippen LogP contribution in [-0.4, -0.2) is 18.4 Å². The maximum Gasteiger partial charge on any atom is 0.224 e. The SMILES string of the molecule is CCCCCCC(=O)Nc1ccc(C2CN=C(N)N2)cc1. The van der Waals surface area contributed by atoms with Gasteiger partial charge < -0.3 is 16.4 Å². The molecule has 5 heteroatoms. The van der Waals surface area contributed by atoms with Crippen LogP contribution in [-0.2, 0) is 4.79 Å². The summed E-state index contributed by atoms with van der Waals surface area (Å²) in [4.78, 5) is 15.9. The zero-order valence-electron chi connectivity index (χ0n) is 12.6. The number of rotatable bonds is 7. The first kappa shape index (κ1) is 15.4. The van der Waals surface area contributed by atoms with Crippen LogP contribution >= 0.6 is 0 Å². The van der Waals surface area contributed by atoms with Gasteiger partial charge in [-0.05, 0) is 24.1 Å². The normalized spacial score (nSPS) is 17.2. The van der Waals surface area contributed by atoms with Gasteiger partial charge in [0.05, 0.1) is 12.6 Å². The van der Waals surface area contributed by atoms with Crippen molar-refractivity contribution in [2.75, 3.05) is 11.9 Å². The Morgan fingerprint density at radius 1 is 1.33 bits per heavy atom. The molecule has 0 spiro atoms. The van der Waals surface area contributed by atoms with Crippen LogP contribution in [0.2, 0.25) is 0 Å². The Balaban J connectivity index is 1.78. The number of aliphatic imine (C=N–C) groups is 1. The fourth-order valence-corrected chi connectivity index (χ4v) is 2.38. The quantitative estimate of drug-likeness (QED) is 0.675. The van der Waals surface area contributed by atoms with E-state index < -0.39 is 0 Å². The van der Waals surface area contributed by atoms with Gasteiger partial charge in [0.25, 0.3) is 0 Å². The monoisotopic (exact) mass is 288 g/mol. The number of benzene rings is 1. The molecule has 5 nitrogen and oxygen atoms in total. The first-order valence-corrected chi connectivity index (χ1v) is 7.65. The molecular formula is C16H24N4O.